The molecule has 0 aliphatic rings. The number of benzene rings is 6. The quantitative estimate of drug-likeness (QED) is 0.159. The van der Waals surface area contributed by atoms with Crippen molar-refractivity contribution < 1.29 is 52.7 Å². The van der Waals surface area contributed by atoms with Gasteiger partial charge < -0.3 is 9.13 Å². The van der Waals surface area contributed by atoms with E-state index in [0.717, 1.165) is 54.6 Å². The maximum absolute atomic E-state index is 15.2. The molecule has 2 nitrogen and oxygen atoms in total. The summed E-state index contributed by atoms with van der Waals surface area (Å²) >= 11 is 0. The van der Waals surface area contributed by atoms with Crippen molar-refractivity contribution in [2.75, 3.05) is 0 Å². The minimum absolute atomic E-state index is 0.0407. The Labute approximate surface area is 296 Å². The number of para-hydroxylation sites is 2. The number of nitrogens with zero attached hydrogens (tertiary/aromatic N) is 2. The zero-order valence-corrected chi connectivity index (χ0v) is 27.0. The smallest absolute Gasteiger partial charge is 0.307 e. The van der Waals surface area contributed by atoms with Gasteiger partial charge in [0.05, 0.1) is 55.7 Å². The summed E-state index contributed by atoms with van der Waals surface area (Å²) in [6.07, 6.45) is -19.6. The van der Waals surface area contributed by atoms with Gasteiger partial charge in [-0.2, -0.15) is 52.7 Å². The van der Waals surface area contributed by atoms with E-state index in [2.05, 4.69) is 0 Å². The van der Waals surface area contributed by atoms with Crippen LogP contribution in [0.3, 0.4) is 0 Å². The minimum Gasteiger partial charge on any atom is -0.307 e. The van der Waals surface area contributed by atoms with Gasteiger partial charge in [0.25, 0.3) is 0 Å². The van der Waals surface area contributed by atoms with Crippen LogP contribution in [0.1, 0.15) is 22.3 Å². The Bertz CT molecular complexity index is 2780. The predicted molar refractivity (Wildman–Crippen MR) is 181 cm³/mol. The average molecular weight is 757 g/mol. The van der Waals surface area contributed by atoms with Crippen molar-refractivity contribution in [1.82, 2.24) is 9.13 Å². The van der Waals surface area contributed by atoms with Crippen LogP contribution in [0.5, 0.6) is 0 Å². The van der Waals surface area contributed by atoms with Gasteiger partial charge in [-0.1, -0.05) is 48.5 Å². The highest BCUT2D eigenvalue weighted by Gasteiger charge is 2.38. The van der Waals surface area contributed by atoms with E-state index >= 15 is 13.2 Å². The largest absolute Gasteiger partial charge is 0.417 e. The van der Waals surface area contributed by atoms with Gasteiger partial charge in [0.2, 0.25) is 0 Å². The van der Waals surface area contributed by atoms with E-state index < -0.39 is 58.1 Å². The molecule has 0 unspecified atom stereocenters. The number of hydrogen-bond acceptors (Lipinski definition) is 0. The third-order valence-electron chi connectivity index (χ3n) is 9.40. The number of hydrogen-bond donors (Lipinski definition) is 0. The van der Waals surface area contributed by atoms with Crippen molar-refractivity contribution in [3.63, 3.8) is 0 Å². The predicted octanol–water partition coefficient (Wildman–Crippen LogP) is 13.6. The van der Waals surface area contributed by atoms with Crippen LogP contribution in [0.15, 0.2) is 121 Å². The molecule has 14 heteroatoms. The van der Waals surface area contributed by atoms with Gasteiger partial charge in [-0.15, -0.1) is 0 Å². The molecule has 54 heavy (non-hydrogen) atoms. The van der Waals surface area contributed by atoms with Crippen molar-refractivity contribution in [1.29, 1.82) is 0 Å². The van der Waals surface area contributed by atoms with Crippen LogP contribution in [0.4, 0.5) is 52.7 Å². The lowest BCUT2D eigenvalue weighted by Crippen LogP contribution is -2.12. The number of aromatic nitrogens is 2. The summed E-state index contributed by atoms with van der Waals surface area (Å²) in [5, 5.41) is 0.641. The van der Waals surface area contributed by atoms with E-state index in [-0.39, 0.29) is 55.0 Å². The lowest BCUT2D eigenvalue weighted by molar-refractivity contribution is -0.138. The molecule has 8 rings (SSSR count). The maximum Gasteiger partial charge on any atom is 0.417 e. The first-order chi connectivity index (χ1) is 25.3. The summed E-state index contributed by atoms with van der Waals surface area (Å²) in [5.41, 5.74) is -5.50. The first-order valence-electron chi connectivity index (χ1n) is 16.0. The van der Waals surface area contributed by atoms with Crippen LogP contribution in [0.2, 0.25) is 0 Å². The van der Waals surface area contributed by atoms with E-state index in [1.807, 2.05) is 0 Å². The van der Waals surface area contributed by atoms with Crippen molar-refractivity contribution >= 4 is 43.6 Å². The van der Waals surface area contributed by atoms with Crippen molar-refractivity contribution in [2.45, 2.75) is 24.7 Å². The molecule has 8 aromatic rings. The van der Waals surface area contributed by atoms with Crippen molar-refractivity contribution in [2.24, 2.45) is 0 Å². The molecule has 0 aliphatic carbocycles. The third-order valence-corrected chi connectivity index (χ3v) is 9.40. The van der Waals surface area contributed by atoms with Gasteiger partial charge in [0.1, 0.15) is 0 Å². The van der Waals surface area contributed by atoms with Crippen LogP contribution in [0, 0.1) is 0 Å². The Morgan fingerprint density at radius 3 is 1.22 bits per heavy atom. The minimum atomic E-state index is -5.18. The van der Waals surface area contributed by atoms with Crippen LogP contribution < -0.4 is 0 Å². The molecular formula is C40H20F12N2. The fourth-order valence-corrected chi connectivity index (χ4v) is 7.09. The summed E-state index contributed by atoms with van der Waals surface area (Å²) in [6, 6.07) is 22.8. The van der Waals surface area contributed by atoms with Crippen LogP contribution >= 0.6 is 0 Å². The topological polar surface area (TPSA) is 9.86 Å². The molecule has 0 aliphatic heterocycles. The SMILES string of the molecule is FC(F)(F)c1cccc(-c2cc(-n3c4ccccc4c4cc(C(F)(F)F)ccc43)c(-n3c4ccccc4c4cc(C(F)(F)F)ccc43)cc2C(F)(F)F)c1. The highest BCUT2D eigenvalue weighted by atomic mass is 19.4. The lowest BCUT2D eigenvalue weighted by atomic mass is 9.95. The summed E-state index contributed by atoms with van der Waals surface area (Å²) in [5.74, 6) is 0. The summed E-state index contributed by atoms with van der Waals surface area (Å²) in [4.78, 5) is 0. The van der Waals surface area contributed by atoms with Gasteiger partial charge in [-0.25, -0.2) is 0 Å². The molecule has 0 bridgehead atoms. The van der Waals surface area contributed by atoms with Gasteiger partial charge in [0.15, 0.2) is 0 Å². The molecule has 0 spiro atoms. The summed E-state index contributed by atoms with van der Waals surface area (Å²) < 4.78 is 173. The third kappa shape index (κ3) is 5.71. The van der Waals surface area contributed by atoms with Crippen molar-refractivity contribution in [3.05, 3.63) is 144 Å². The van der Waals surface area contributed by atoms with E-state index in [1.54, 1.807) is 12.1 Å². The summed E-state index contributed by atoms with van der Waals surface area (Å²) in [7, 11) is 0. The van der Waals surface area contributed by atoms with Crippen LogP contribution in [-0.2, 0) is 24.7 Å². The fraction of sp³-hybridized carbons (Fsp3) is 0.100. The van der Waals surface area contributed by atoms with E-state index in [9.17, 15) is 39.5 Å². The Morgan fingerprint density at radius 2 is 0.759 bits per heavy atom. The van der Waals surface area contributed by atoms with Gasteiger partial charge >= 0.3 is 24.7 Å². The maximum atomic E-state index is 15.2. The molecule has 0 amide bonds. The highest BCUT2D eigenvalue weighted by molar-refractivity contribution is 6.12. The fourth-order valence-electron chi connectivity index (χ4n) is 7.09. The molecule has 274 valence electrons. The number of halogens is 12. The Hall–Kier alpha value is -5.92. The molecule has 0 fully saturated rings. The van der Waals surface area contributed by atoms with E-state index in [1.165, 1.54) is 45.5 Å². The molecule has 0 saturated carbocycles. The molecular weight excluding hydrogens is 736 g/mol. The monoisotopic (exact) mass is 756 g/mol. The Kier molecular flexibility index (Phi) is 7.67. The molecule has 0 saturated heterocycles. The first kappa shape index (κ1) is 35.1. The number of alkyl halides is 12. The second kappa shape index (κ2) is 11.8. The van der Waals surface area contributed by atoms with Gasteiger partial charge in [0, 0.05) is 21.5 Å². The average Bonchev–Trinajstić information content (AvgIpc) is 3.62. The molecule has 0 N–H and O–H groups in total. The first-order valence-corrected chi connectivity index (χ1v) is 16.0. The molecule has 2 heterocycles. The lowest BCUT2D eigenvalue weighted by Gasteiger charge is -2.22. The number of rotatable bonds is 3. The molecule has 0 atom stereocenters. The second-order valence-electron chi connectivity index (χ2n) is 12.6. The molecule has 0 radical (unpaired) electrons. The zero-order valence-electron chi connectivity index (χ0n) is 27.0. The van der Waals surface area contributed by atoms with Crippen LogP contribution in [0.25, 0.3) is 66.1 Å². The van der Waals surface area contributed by atoms with Crippen molar-refractivity contribution in [3.8, 4) is 22.5 Å². The van der Waals surface area contributed by atoms with Gasteiger partial charge in [-0.3, -0.25) is 0 Å². The molecule has 6 aromatic carbocycles. The Morgan fingerprint density at radius 1 is 0.333 bits per heavy atom. The van der Waals surface area contributed by atoms with E-state index in [0.29, 0.717) is 18.2 Å². The second-order valence-corrected chi connectivity index (χ2v) is 12.6. The summed E-state index contributed by atoms with van der Waals surface area (Å²) in [6.45, 7) is 0. The zero-order chi connectivity index (χ0) is 38.5. The standard InChI is InChI=1S/C40H20F12N2/c41-37(42,43)22-7-5-6-21(16-22)27-19-35(53-31-10-3-1-8-25(31)28-17-23(38(44,45)46)12-14-33(28)53)36(20-30(27)40(50,51)52)54-32-11-4-2-9-26(32)29-18-24(39(47,48)49)13-15-34(29)54/h1-20H. The van der Waals surface area contributed by atoms with Gasteiger partial charge in [-0.05, 0) is 83.9 Å². The normalized spacial score (nSPS) is 13.2. The van der Waals surface area contributed by atoms with Crippen LogP contribution in [-0.4, -0.2) is 9.13 Å². The molecule has 2 aromatic heterocycles. The number of fused-ring (bicyclic) bond motifs is 6. The highest BCUT2D eigenvalue weighted by Crippen LogP contribution is 2.46. The van der Waals surface area contributed by atoms with E-state index in [4.69, 9.17) is 0 Å². The Balaban J connectivity index is 1.57.